The summed E-state index contributed by atoms with van der Waals surface area (Å²) in [5.41, 5.74) is 2.63. The van der Waals surface area contributed by atoms with Crippen molar-refractivity contribution in [2.24, 2.45) is 0 Å². The van der Waals surface area contributed by atoms with E-state index in [9.17, 15) is 4.79 Å². The molecule has 1 fully saturated rings. The van der Waals surface area contributed by atoms with Gasteiger partial charge < -0.3 is 19.7 Å². The molecule has 0 aliphatic carbocycles. The van der Waals surface area contributed by atoms with Crippen molar-refractivity contribution in [3.05, 3.63) is 66.5 Å². The number of hydrogen-bond acceptors (Lipinski definition) is 5. The highest BCUT2D eigenvalue weighted by molar-refractivity contribution is 5.94. The van der Waals surface area contributed by atoms with Crippen LogP contribution in [0.4, 0.5) is 5.69 Å². The van der Waals surface area contributed by atoms with Gasteiger partial charge in [-0.05, 0) is 55.3 Å². The van der Waals surface area contributed by atoms with Crippen molar-refractivity contribution in [3.8, 4) is 17.2 Å². The maximum Gasteiger partial charge on any atom is 0.253 e. The summed E-state index contributed by atoms with van der Waals surface area (Å²) in [6, 6.07) is 15.6. The highest BCUT2D eigenvalue weighted by Crippen LogP contribution is 2.33. The number of anilines is 1. The van der Waals surface area contributed by atoms with Gasteiger partial charge in [0.25, 0.3) is 5.91 Å². The Hall–Kier alpha value is -3.48. The number of nitrogens with zero attached hydrogens (tertiary/aromatic N) is 3. The zero-order valence-electron chi connectivity index (χ0n) is 16.7. The molecule has 1 N–H and O–H groups in total. The summed E-state index contributed by atoms with van der Waals surface area (Å²) in [5, 5.41) is 7.78. The van der Waals surface area contributed by atoms with Crippen LogP contribution >= 0.6 is 0 Å². The highest BCUT2D eigenvalue weighted by Gasteiger charge is 2.25. The molecule has 5 rings (SSSR count). The maximum absolute atomic E-state index is 13.0. The smallest absolute Gasteiger partial charge is 0.253 e. The van der Waals surface area contributed by atoms with E-state index in [1.54, 1.807) is 10.9 Å². The second-order valence-corrected chi connectivity index (χ2v) is 7.59. The minimum absolute atomic E-state index is 0.0655. The number of hydrogen-bond donors (Lipinski definition) is 1. The van der Waals surface area contributed by atoms with E-state index in [0.717, 1.165) is 42.3 Å². The van der Waals surface area contributed by atoms with Crippen LogP contribution in [0.25, 0.3) is 5.69 Å². The van der Waals surface area contributed by atoms with Crippen LogP contribution in [-0.2, 0) is 0 Å². The zero-order valence-corrected chi connectivity index (χ0v) is 16.7. The maximum atomic E-state index is 13.0. The summed E-state index contributed by atoms with van der Waals surface area (Å²) >= 11 is 0. The predicted molar refractivity (Wildman–Crippen MR) is 114 cm³/mol. The Balaban J connectivity index is 1.24. The first-order chi connectivity index (χ1) is 14.8. The van der Waals surface area contributed by atoms with E-state index in [0.29, 0.717) is 25.3 Å². The van der Waals surface area contributed by atoms with Gasteiger partial charge in [0.1, 0.15) is 13.2 Å². The Morgan fingerprint density at radius 1 is 1.07 bits per heavy atom. The van der Waals surface area contributed by atoms with Gasteiger partial charge in [0.2, 0.25) is 0 Å². The van der Waals surface area contributed by atoms with Crippen molar-refractivity contribution in [2.45, 2.75) is 18.9 Å². The van der Waals surface area contributed by atoms with E-state index in [2.05, 4.69) is 10.4 Å². The number of carbonyl (C=O) groups is 1. The number of fused-ring (bicyclic) bond motifs is 1. The van der Waals surface area contributed by atoms with Gasteiger partial charge in [0.05, 0.1) is 5.69 Å². The zero-order chi connectivity index (χ0) is 20.3. The van der Waals surface area contributed by atoms with Gasteiger partial charge in [-0.1, -0.05) is 0 Å². The number of ether oxygens (including phenoxy) is 2. The number of amides is 1. The molecule has 30 heavy (non-hydrogen) atoms. The lowest BCUT2D eigenvalue weighted by Crippen LogP contribution is -2.45. The molecule has 7 heteroatoms. The molecule has 0 spiro atoms. The van der Waals surface area contributed by atoms with E-state index >= 15 is 0 Å². The molecule has 154 valence electrons. The number of rotatable bonds is 4. The summed E-state index contributed by atoms with van der Waals surface area (Å²) in [6.45, 7) is 2.61. The van der Waals surface area contributed by atoms with Gasteiger partial charge in [-0.25, -0.2) is 4.68 Å². The summed E-state index contributed by atoms with van der Waals surface area (Å²) in [5.74, 6) is 1.62. The molecule has 0 radical (unpaired) electrons. The quantitative estimate of drug-likeness (QED) is 0.722. The first-order valence-electron chi connectivity index (χ1n) is 10.3. The van der Waals surface area contributed by atoms with Gasteiger partial charge in [-0.15, -0.1) is 0 Å². The normalized spacial score (nSPS) is 18.1. The number of nitrogens with one attached hydrogen (secondary N) is 1. The van der Waals surface area contributed by atoms with E-state index in [-0.39, 0.29) is 11.9 Å². The lowest BCUT2D eigenvalue weighted by molar-refractivity contribution is 0.0715. The SMILES string of the molecule is O=C(c1ccc(-n2cccn2)cc1)N1CCCC(Nc2ccc3c(c2)OCCO3)C1. The number of piperidine rings is 1. The minimum Gasteiger partial charge on any atom is -0.486 e. The lowest BCUT2D eigenvalue weighted by atomic mass is 10.0. The minimum atomic E-state index is 0.0655. The van der Waals surface area contributed by atoms with Gasteiger partial charge in [-0.2, -0.15) is 5.10 Å². The molecule has 1 atom stereocenters. The van der Waals surface area contributed by atoms with Crippen molar-refractivity contribution in [1.82, 2.24) is 14.7 Å². The van der Waals surface area contributed by atoms with Crippen LogP contribution in [0.2, 0.25) is 0 Å². The number of benzene rings is 2. The topological polar surface area (TPSA) is 68.6 Å². The average Bonchev–Trinajstić information content (AvgIpc) is 3.34. The molecule has 2 aromatic carbocycles. The van der Waals surface area contributed by atoms with Crippen LogP contribution in [0.5, 0.6) is 11.5 Å². The largest absolute Gasteiger partial charge is 0.486 e. The van der Waals surface area contributed by atoms with E-state index < -0.39 is 0 Å². The molecular weight excluding hydrogens is 380 g/mol. The van der Waals surface area contributed by atoms with Crippen molar-refractivity contribution in [3.63, 3.8) is 0 Å². The van der Waals surface area contributed by atoms with Crippen LogP contribution in [-0.4, -0.2) is 52.9 Å². The van der Waals surface area contributed by atoms with Crippen molar-refractivity contribution >= 4 is 11.6 Å². The second-order valence-electron chi connectivity index (χ2n) is 7.59. The molecule has 0 bridgehead atoms. The fraction of sp³-hybridized carbons (Fsp3) is 0.304. The fourth-order valence-electron chi connectivity index (χ4n) is 4.01. The molecule has 2 aliphatic heterocycles. The molecular formula is C23H24N4O3. The first kappa shape index (κ1) is 18.5. The molecule has 3 heterocycles. The van der Waals surface area contributed by atoms with Gasteiger partial charge in [0, 0.05) is 48.8 Å². The van der Waals surface area contributed by atoms with Crippen LogP contribution < -0.4 is 14.8 Å². The van der Waals surface area contributed by atoms with E-state index in [4.69, 9.17) is 9.47 Å². The second kappa shape index (κ2) is 8.10. The van der Waals surface area contributed by atoms with Crippen molar-refractivity contribution < 1.29 is 14.3 Å². The number of carbonyl (C=O) groups excluding carboxylic acids is 1. The van der Waals surface area contributed by atoms with Crippen LogP contribution in [0, 0.1) is 0 Å². The standard InChI is InChI=1S/C23H24N4O3/c28-23(17-4-7-20(8-5-17)27-12-2-10-24-27)26-11-1-3-19(16-26)25-18-6-9-21-22(15-18)30-14-13-29-21/h2,4-10,12,15,19,25H,1,3,11,13-14,16H2. The van der Waals surface area contributed by atoms with Crippen LogP contribution in [0.15, 0.2) is 60.9 Å². The number of likely N-dealkylation sites (tertiary alicyclic amines) is 1. The Morgan fingerprint density at radius 2 is 1.90 bits per heavy atom. The molecule has 2 aliphatic rings. The summed E-state index contributed by atoms with van der Waals surface area (Å²) in [6.07, 6.45) is 5.62. The molecule has 7 nitrogen and oxygen atoms in total. The summed E-state index contributed by atoms with van der Waals surface area (Å²) in [7, 11) is 0. The molecule has 1 amide bonds. The Morgan fingerprint density at radius 3 is 2.70 bits per heavy atom. The fourth-order valence-corrected chi connectivity index (χ4v) is 4.01. The Labute approximate surface area is 175 Å². The lowest BCUT2D eigenvalue weighted by Gasteiger charge is -2.34. The van der Waals surface area contributed by atoms with E-state index in [1.165, 1.54) is 0 Å². The van der Waals surface area contributed by atoms with Crippen molar-refractivity contribution in [1.29, 1.82) is 0 Å². The predicted octanol–water partition coefficient (Wildman–Crippen LogP) is 3.36. The van der Waals surface area contributed by atoms with Gasteiger partial charge >= 0.3 is 0 Å². The molecule has 0 saturated carbocycles. The third kappa shape index (κ3) is 3.83. The average molecular weight is 404 g/mol. The highest BCUT2D eigenvalue weighted by atomic mass is 16.6. The number of aromatic nitrogens is 2. The molecule has 1 saturated heterocycles. The van der Waals surface area contributed by atoms with Crippen molar-refractivity contribution in [2.75, 3.05) is 31.6 Å². The van der Waals surface area contributed by atoms with Crippen LogP contribution in [0.3, 0.4) is 0 Å². The van der Waals surface area contributed by atoms with Crippen LogP contribution in [0.1, 0.15) is 23.2 Å². The van der Waals surface area contributed by atoms with Gasteiger partial charge in [-0.3, -0.25) is 4.79 Å². The summed E-state index contributed by atoms with van der Waals surface area (Å²) < 4.78 is 13.0. The Kier molecular flexibility index (Phi) is 5.01. The third-order valence-electron chi connectivity index (χ3n) is 5.50. The third-order valence-corrected chi connectivity index (χ3v) is 5.50. The summed E-state index contributed by atoms with van der Waals surface area (Å²) in [4.78, 5) is 15.0. The molecule has 1 unspecified atom stereocenters. The monoisotopic (exact) mass is 404 g/mol. The van der Waals surface area contributed by atoms with E-state index in [1.807, 2.05) is 59.6 Å². The molecule has 1 aromatic heterocycles. The Bertz CT molecular complexity index is 1020. The first-order valence-corrected chi connectivity index (χ1v) is 10.3. The van der Waals surface area contributed by atoms with Gasteiger partial charge in [0.15, 0.2) is 11.5 Å². The molecule has 3 aromatic rings.